The molecule has 0 radical (unpaired) electrons. The van der Waals surface area contributed by atoms with Crippen LogP contribution in [0.2, 0.25) is 0 Å². The van der Waals surface area contributed by atoms with Crippen LogP contribution >= 0.6 is 0 Å². The largest absolute Gasteiger partial charge is 0.443 e. The predicted octanol–water partition coefficient (Wildman–Crippen LogP) is 3.36. The number of carbonyl (C=O) groups excluding carboxylic acids is 1. The molecular weight excluding hydrogens is 465 g/mol. The van der Waals surface area contributed by atoms with Crippen LogP contribution in [-0.4, -0.2) is 74.5 Å². The number of ether oxygens (including phenoxy) is 4. The molecule has 4 rings (SSSR count). The molecule has 4 atom stereocenters. The van der Waals surface area contributed by atoms with E-state index in [1.807, 2.05) is 0 Å². The van der Waals surface area contributed by atoms with Gasteiger partial charge in [-0.05, 0) is 43.5 Å². The highest BCUT2D eigenvalue weighted by molar-refractivity contribution is 5.67. The van der Waals surface area contributed by atoms with Crippen molar-refractivity contribution in [1.82, 2.24) is 10.2 Å². The normalized spacial score (nSPS) is 28.9. The number of alkyl carbamates (subject to hydrolysis) is 1. The number of terminal acetylenes is 1. The third-order valence-electron chi connectivity index (χ3n) is 6.69. The molecule has 7 nitrogen and oxygen atoms in total. The average molecular weight is 497 g/mol. The second kappa shape index (κ2) is 11.2. The number of nitrogens with one attached hydrogen (secondary N) is 1. The number of carbonyl (C=O) groups is 1. The number of benzene rings is 1. The Morgan fingerprint density at radius 1 is 1.23 bits per heavy atom. The van der Waals surface area contributed by atoms with Crippen molar-refractivity contribution in [3.8, 4) is 12.3 Å². The number of amides is 1. The number of hydrogen-bond donors (Lipinski definition) is 1. The molecule has 0 unspecified atom stereocenters. The molecule has 10 heteroatoms. The number of fused-ring (bicyclic) bond motifs is 2. The quantitative estimate of drug-likeness (QED) is 0.440. The molecule has 192 valence electrons. The summed E-state index contributed by atoms with van der Waals surface area (Å²) in [6.07, 6.45) is 1.70. The molecule has 35 heavy (non-hydrogen) atoms. The van der Waals surface area contributed by atoms with Crippen LogP contribution in [0, 0.1) is 12.3 Å². The summed E-state index contributed by atoms with van der Waals surface area (Å²) in [7, 11) is 0. The first-order valence-electron chi connectivity index (χ1n) is 12.0. The molecule has 3 heterocycles. The van der Waals surface area contributed by atoms with Crippen molar-refractivity contribution in [2.75, 3.05) is 39.4 Å². The van der Waals surface area contributed by atoms with Gasteiger partial charge in [0.15, 0.2) is 11.9 Å². The molecule has 1 N–H and O–H groups in total. The molecular formula is C25H31F3N2O5. The summed E-state index contributed by atoms with van der Waals surface area (Å²) < 4.78 is 61.5. The number of morpholine rings is 1. The van der Waals surface area contributed by atoms with Crippen LogP contribution in [-0.2, 0) is 31.5 Å². The first-order chi connectivity index (χ1) is 16.8. The molecule has 0 aromatic heterocycles. The summed E-state index contributed by atoms with van der Waals surface area (Å²) >= 11 is 0. The van der Waals surface area contributed by atoms with E-state index in [1.165, 1.54) is 12.1 Å². The van der Waals surface area contributed by atoms with E-state index < -0.39 is 41.9 Å². The molecule has 1 aromatic rings. The maximum absolute atomic E-state index is 12.8. The van der Waals surface area contributed by atoms with Crippen LogP contribution in [0.3, 0.4) is 0 Å². The number of alkyl halides is 3. The minimum absolute atomic E-state index is 0.438. The molecule has 1 aromatic carbocycles. The zero-order valence-electron chi connectivity index (χ0n) is 19.5. The fraction of sp³-hybridized carbons (Fsp3) is 0.640. The maximum Gasteiger partial charge on any atom is 0.416 e. The Labute approximate surface area is 203 Å². The molecule has 3 aliphatic rings. The highest BCUT2D eigenvalue weighted by Crippen LogP contribution is 2.44. The van der Waals surface area contributed by atoms with Crippen LogP contribution in [0.25, 0.3) is 0 Å². The summed E-state index contributed by atoms with van der Waals surface area (Å²) in [6.45, 7) is 4.67. The monoisotopic (exact) mass is 496 g/mol. The minimum atomic E-state index is -4.37. The Balaban J connectivity index is 1.23. The van der Waals surface area contributed by atoms with Crippen LogP contribution in [0.1, 0.15) is 36.8 Å². The van der Waals surface area contributed by atoms with Crippen molar-refractivity contribution in [3.05, 3.63) is 35.4 Å². The van der Waals surface area contributed by atoms with Crippen molar-refractivity contribution >= 4 is 6.09 Å². The van der Waals surface area contributed by atoms with Crippen LogP contribution in [0.5, 0.6) is 0 Å². The molecule has 0 aliphatic carbocycles. The maximum atomic E-state index is 12.8. The van der Waals surface area contributed by atoms with E-state index in [4.69, 9.17) is 25.4 Å². The second-order valence-electron chi connectivity index (χ2n) is 9.11. The number of nitrogens with zero attached hydrogens (tertiary/aromatic N) is 1. The lowest BCUT2D eigenvalue weighted by molar-refractivity contribution is -0.212. The van der Waals surface area contributed by atoms with Crippen LogP contribution < -0.4 is 5.32 Å². The molecule has 2 bridgehead atoms. The van der Waals surface area contributed by atoms with Gasteiger partial charge in [0.25, 0.3) is 0 Å². The SMILES string of the molecule is C#C[C@H]1O[C@]2(CCc3ccc(C(F)(F)F)cc3)CC[C@H](OC(=O)NCCCN3CCOCC3)[C@H]1O2. The Morgan fingerprint density at radius 3 is 2.66 bits per heavy atom. The molecule has 3 saturated heterocycles. The predicted molar refractivity (Wildman–Crippen MR) is 120 cm³/mol. The van der Waals surface area contributed by atoms with Gasteiger partial charge in [0, 0.05) is 32.5 Å². The Bertz CT molecular complexity index is 898. The van der Waals surface area contributed by atoms with Gasteiger partial charge in [0.05, 0.1) is 18.8 Å². The van der Waals surface area contributed by atoms with E-state index >= 15 is 0 Å². The van der Waals surface area contributed by atoms with Crippen molar-refractivity contribution in [3.63, 3.8) is 0 Å². The van der Waals surface area contributed by atoms with E-state index in [0.29, 0.717) is 32.2 Å². The van der Waals surface area contributed by atoms with Gasteiger partial charge in [-0.2, -0.15) is 13.2 Å². The minimum Gasteiger partial charge on any atom is -0.443 e. The molecule has 3 aliphatic heterocycles. The van der Waals surface area contributed by atoms with Crippen molar-refractivity contribution in [1.29, 1.82) is 0 Å². The van der Waals surface area contributed by atoms with Gasteiger partial charge in [0.2, 0.25) is 0 Å². The highest BCUT2D eigenvalue weighted by Gasteiger charge is 2.54. The summed E-state index contributed by atoms with van der Waals surface area (Å²) in [5.74, 6) is 1.64. The Morgan fingerprint density at radius 2 is 1.97 bits per heavy atom. The summed E-state index contributed by atoms with van der Waals surface area (Å²) in [5, 5.41) is 2.78. The fourth-order valence-corrected chi connectivity index (χ4v) is 4.74. The smallest absolute Gasteiger partial charge is 0.416 e. The second-order valence-corrected chi connectivity index (χ2v) is 9.11. The highest BCUT2D eigenvalue weighted by atomic mass is 19.4. The fourth-order valence-electron chi connectivity index (χ4n) is 4.74. The van der Waals surface area contributed by atoms with Crippen LogP contribution in [0.15, 0.2) is 24.3 Å². The zero-order chi connectivity index (χ0) is 24.9. The summed E-state index contributed by atoms with van der Waals surface area (Å²) in [6, 6.07) is 5.06. The third-order valence-corrected chi connectivity index (χ3v) is 6.69. The number of halogens is 3. The summed E-state index contributed by atoms with van der Waals surface area (Å²) in [4.78, 5) is 14.6. The first kappa shape index (κ1) is 25.8. The Hall–Kier alpha value is -2.32. The molecule has 0 saturated carbocycles. The van der Waals surface area contributed by atoms with Gasteiger partial charge >= 0.3 is 12.3 Å². The van der Waals surface area contributed by atoms with Gasteiger partial charge < -0.3 is 24.3 Å². The first-order valence-corrected chi connectivity index (χ1v) is 12.0. The van der Waals surface area contributed by atoms with E-state index in [-0.39, 0.29) is 0 Å². The average Bonchev–Trinajstić information content (AvgIpc) is 3.16. The van der Waals surface area contributed by atoms with Crippen molar-refractivity contribution < 1.29 is 36.9 Å². The standard InChI is InChI=1S/C25H31F3N2O5/c1-2-20-22-21(33-23(31)29-12-3-13-30-14-16-32-17-15-30)9-11-24(34-20,35-22)10-8-18-4-6-19(7-5-18)25(26,27)28/h1,4-7,20-22H,3,8-17H2,(H,29,31)/t20-,21+,22+,24+/m1/s1. The number of hydrogen-bond acceptors (Lipinski definition) is 6. The van der Waals surface area contributed by atoms with Crippen molar-refractivity contribution in [2.24, 2.45) is 0 Å². The zero-order valence-corrected chi connectivity index (χ0v) is 19.5. The van der Waals surface area contributed by atoms with E-state index in [0.717, 1.165) is 57.0 Å². The van der Waals surface area contributed by atoms with Gasteiger partial charge in [-0.15, -0.1) is 6.42 Å². The summed E-state index contributed by atoms with van der Waals surface area (Å²) in [5.41, 5.74) is 0.0624. The number of rotatable bonds is 8. The van der Waals surface area contributed by atoms with Crippen molar-refractivity contribution in [2.45, 2.75) is 62.4 Å². The lowest BCUT2D eigenvalue weighted by Crippen LogP contribution is -2.45. The van der Waals surface area contributed by atoms with Crippen LogP contribution in [0.4, 0.5) is 18.0 Å². The number of aryl methyl sites for hydroxylation is 1. The van der Waals surface area contributed by atoms with E-state index in [9.17, 15) is 18.0 Å². The lowest BCUT2D eigenvalue weighted by Gasteiger charge is -2.35. The lowest BCUT2D eigenvalue weighted by atomic mass is 9.94. The topological polar surface area (TPSA) is 69.3 Å². The van der Waals surface area contributed by atoms with Gasteiger partial charge in [0.1, 0.15) is 12.2 Å². The third kappa shape index (κ3) is 6.67. The molecule has 3 fully saturated rings. The van der Waals surface area contributed by atoms with Gasteiger partial charge in [-0.25, -0.2) is 4.79 Å². The molecule has 1 amide bonds. The van der Waals surface area contributed by atoms with Gasteiger partial charge in [-0.1, -0.05) is 18.1 Å². The van der Waals surface area contributed by atoms with Gasteiger partial charge in [-0.3, -0.25) is 4.90 Å². The van der Waals surface area contributed by atoms with E-state index in [2.05, 4.69) is 16.1 Å². The Kier molecular flexibility index (Phi) is 8.22. The molecule has 0 spiro atoms. The van der Waals surface area contributed by atoms with E-state index in [1.54, 1.807) is 0 Å².